The predicted octanol–water partition coefficient (Wildman–Crippen LogP) is 4.21. The molecule has 0 radical (unpaired) electrons. The van der Waals surface area contributed by atoms with Gasteiger partial charge < -0.3 is 4.74 Å². The average Bonchev–Trinajstić information content (AvgIpc) is 3.13. The Morgan fingerprint density at radius 1 is 0.966 bits per heavy atom. The summed E-state index contributed by atoms with van der Waals surface area (Å²) in [6.45, 7) is 0.484. The molecule has 4 nitrogen and oxygen atoms in total. The van der Waals surface area contributed by atoms with Gasteiger partial charge in [0, 0.05) is 6.54 Å². The number of methoxy groups -OCH3 is 1. The first-order chi connectivity index (χ1) is 14.2. The van der Waals surface area contributed by atoms with Gasteiger partial charge in [-0.25, -0.2) is 4.39 Å². The fourth-order valence-corrected chi connectivity index (χ4v) is 4.03. The Morgan fingerprint density at radius 2 is 1.62 bits per heavy atom. The molecule has 0 amide bonds. The predicted molar refractivity (Wildman–Crippen MR) is 109 cm³/mol. The summed E-state index contributed by atoms with van der Waals surface area (Å²) >= 11 is 0. The van der Waals surface area contributed by atoms with E-state index >= 15 is 0 Å². The molecule has 0 saturated carbocycles. The molecule has 0 aliphatic carbocycles. The summed E-state index contributed by atoms with van der Waals surface area (Å²) in [5.41, 5.74) is 2.89. The summed E-state index contributed by atoms with van der Waals surface area (Å²) in [7, 11) is 1.40. The van der Waals surface area contributed by atoms with Crippen LogP contribution in [0, 0.1) is 5.82 Å². The van der Waals surface area contributed by atoms with Crippen LogP contribution in [0.4, 0.5) is 4.39 Å². The molecule has 1 aliphatic rings. The second-order valence-electron chi connectivity index (χ2n) is 7.14. The summed E-state index contributed by atoms with van der Waals surface area (Å²) in [5.74, 6) is -0.590. The maximum absolute atomic E-state index is 13.8. The summed E-state index contributed by atoms with van der Waals surface area (Å²) in [4.78, 5) is 14.9. The molecule has 1 aliphatic heterocycles. The standard InChI is InChI=1S/C24H23FN2O2/c1-29-24(28)21-22(18-10-4-2-5-11-18)27(16-17-9-8-14-20(25)15-17)23(26-21)19-12-6-3-7-13-19/h2-15,21-23,26H,16H2,1H3/t21-,22-,23+/m1/s1. The van der Waals surface area contributed by atoms with Crippen molar-refractivity contribution < 1.29 is 13.9 Å². The van der Waals surface area contributed by atoms with Gasteiger partial charge in [0.2, 0.25) is 0 Å². The molecular formula is C24H23FN2O2. The highest BCUT2D eigenvalue weighted by atomic mass is 19.1. The van der Waals surface area contributed by atoms with Gasteiger partial charge in [0.25, 0.3) is 0 Å². The Hall–Kier alpha value is -3.02. The van der Waals surface area contributed by atoms with Crippen LogP contribution in [0.1, 0.15) is 28.9 Å². The van der Waals surface area contributed by atoms with Crippen molar-refractivity contribution in [1.29, 1.82) is 0 Å². The molecule has 1 saturated heterocycles. The molecule has 1 heterocycles. The molecule has 1 N–H and O–H groups in total. The Kier molecular flexibility index (Phi) is 5.69. The summed E-state index contributed by atoms with van der Waals surface area (Å²) < 4.78 is 18.9. The Balaban J connectivity index is 1.79. The molecule has 0 spiro atoms. The second kappa shape index (κ2) is 8.55. The van der Waals surface area contributed by atoms with Crippen LogP contribution < -0.4 is 5.32 Å². The fraction of sp³-hybridized carbons (Fsp3) is 0.208. The zero-order valence-electron chi connectivity index (χ0n) is 16.2. The molecule has 1 fully saturated rings. The molecule has 3 aromatic rings. The smallest absolute Gasteiger partial charge is 0.324 e. The molecule has 3 aromatic carbocycles. The van der Waals surface area contributed by atoms with Crippen molar-refractivity contribution in [3.63, 3.8) is 0 Å². The van der Waals surface area contributed by atoms with Gasteiger partial charge in [-0.3, -0.25) is 15.0 Å². The van der Waals surface area contributed by atoms with Crippen molar-refractivity contribution in [2.75, 3.05) is 7.11 Å². The molecule has 5 heteroatoms. The quantitative estimate of drug-likeness (QED) is 0.663. The van der Waals surface area contributed by atoms with Gasteiger partial charge in [-0.05, 0) is 28.8 Å². The Morgan fingerprint density at radius 3 is 2.24 bits per heavy atom. The number of hydrogen-bond acceptors (Lipinski definition) is 4. The van der Waals surface area contributed by atoms with E-state index in [9.17, 15) is 9.18 Å². The normalized spacial score (nSPS) is 21.8. The minimum Gasteiger partial charge on any atom is -0.468 e. The van der Waals surface area contributed by atoms with E-state index in [0.717, 1.165) is 16.7 Å². The molecule has 4 rings (SSSR count). The monoisotopic (exact) mass is 390 g/mol. The number of esters is 1. The van der Waals surface area contributed by atoms with E-state index in [1.165, 1.54) is 19.2 Å². The molecule has 0 aromatic heterocycles. The van der Waals surface area contributed by atoms with E-state index in [4.69, 9.17) is 4.74 Å². The lowest BCUT2D eigenvalue weighted by atomic mass is 9.99. The zero-order chi connectivity index (χ0) is 20.2. The third-order valence-electron chi connectivity index (χ3n) is 5.31. The molecule has 0 bridgehead atoms. The molecule has 29 heavy (non-hydrogen) atoms. The van der Waals surface area contributed by atoms with Crippen LogP contribution in [-0.4, -0.2) is 24.0 Å². The van der Waals surface area contributed by atoms with Crippen molar-refractivity contribution in [3.05, 3.63) is 107 Å². The minimum absolute atomic E-state index is 0.214. The van der Waals surface area contributed by atoms with E-state index < -0.39 is 6.04 Å². The lowest BCUT2D eigenvalue weighted by Gasteiger charge is -2.30. The molecular weight excluding hydrogens is 367 g/mol. The Bertz CT molecular complexity index is 965. The van der Waals surface area contributed by atoms with Crippen LogP contribution in [0.25, 0.3) is 0 Å². The van der Waals surface area contributed by atoms with Crippen LogP contribution >= 0.6 is 0 Å². The number of nitrogens with one attached hydrogen (secondary N) is 1. The van der Waals surface area contributed by atoms with Crippen molar-refractivity contribution >= 4 is 5.97 Å². The number of halogens is 1. The van der Waals surface area contributed by atoms with Crippen molar-refractivity contribution in [2.45, 2.75) is 24.8 Å². The van der Waals surface area contributed by atoms with Gasteiger partial charge in [0.15, 0.2) is 0 Å². The SMILES string of the molecule is COC(=O)[C@@H]1N[C@H](c2ccccc2)N(Cc2cccc(F)c2)[C@@H]1c1ccccc1. The average molecular weight is 390 g/mol. The van der Waals surface area contributed by atoms with Gasteiger partial charge in [-0.1, -0.05) is 72.8 Å². The first-order valence-corrected chi connectivity index (χ1v) is 9.61. The summed E-state index contributed by atoms with van der Waals surface area (Å²) in [5, 5.41) is 3.45. The van der Waals surface area contributed by atoms with Gasteiger partial charge in [0.1, 0.15) is 11.9 Å². The van der Waals surface area contributed by atoms with Gasteiger partial charge in [0.05, 0.1) is 19.3 Å². The third-order valence-corrected chi connectivity index (χ3v) is 5.31. The van der Waals surface area contributed by atoms with Crippen LogP contribution in [0.5, 0.6) is 0 Å². The van der Waals surface area contributed by atoms with Crippen molar-refractivity contribution in [3.8, 4) is 0 Å². The highest BCUT2D eigenvalue weighted by Gasteiger charge is 2.46. The number of benzene rings is 3. The van der Waals surface area contributed by atoms with E-state index in [1.54, 1.807) is 6.07 Å². The van der Waals surface area contributed by atoms with E-state index in [1.807, 2.05) is 66.7 Å². The zero-order valence-corrected chi connectivity index (χ0v) is 16.2. The number of hydrogen-bond donors (Lipinski definition) is 1. The maximum atomic E-state index is 13.8. The number of nitrogens with zero attached hydrogens (tertiary/aromatic N) is 1. The fourth-order valence-electron chi connectivity index (χ4n) is 4.03. The summed E-state index contributed by atoms with van der Waals surface area (Å²) in [6.07, 6.45) is -0.214. The van der Waals surface area contributed by atoms with Crippen LogP contribution in [-0.2, 0) is 16.1 Å². The number of carbonyl (C=O) groups excluding carboxylic acids is 1. The maximum Gasteiger partial charge on any atom is 0.324 e. The third kappa shape index (κ3) is 4.06. The van der Waals surface area contributed by atoms with E-state index in [0.29, 0.717) is 6.54 Å². The largest absolute Gasteiger partial charge is 0.468 e. The highest BCUT2D eigenvalue weighted by Crippen LogP contribution is 2.40. The van der Waals surface area contributed by atoms with Crippen LogP contribution in [0.2, 0.25) is 0 Å². The number of ether oxygens (including phenoxy) is 1. The minimum atomic E-state index is -0.541. The second-order valence-corrected chi connectivity index (χ2v) is 7.14. The Labute approximate surface area is 169 Å². The number of rotatable bonds is 5. The van der Waals surface area contributed by atoms with Gasteiger partial charge >= 0.3 is 5.97 Å². The molecule has 148 valence electrons. The first-order valence-electron chi connectivity index (χ1n) is 9.61. The van der Waals surface area contributed by atoms with Crippen LogP contribution in [0.15, 0.2) is 84.9 Å². The van der Waals surface area contributed by atoms with E-state index in [-0.39, 0.29) is 24.0 Å². The lowest BCUT2D eigenvalue weighted by molar-refractivity contribution is -0.143. The van der Waals surface area contributed by atoms with Crippen molar-refractivity contribution in [1.82, 2.24) is 10.2 Å². The lowest BCUT2D eigenvalue weighted by Crippen LogP contribution is -2.36. The topological polar surface area (TPSA) is 41.6 Å². The van der Waals surface area contributed by atoms with E-state index in [2.05, 4.69) is 10.2 Å². The van der Waals surface area contributed by atoms with Crippen LogP contribution in [0.3, 0.4) is 0 Å². The first kappa shape index (κ1) is 19.3. The molecule has 0 unspecified atom stereocenters. The highest BCUT2D eigenvalue weighted by molar-refractivity contribution is 5.77. The van der Waals surface area contributed by atoms with Crippen molar-refractivity contribution in [2.24, 2.45) is 0 Å². The summed E-state index contributed by atoms with van der Waals surface area (Å²) in [6, 6.07) is 25.6. The number of carbonyl (C=O) groups is 1. The van der Waals surface area contributed by atoms with Gasteiger partial charge in [-0.2, -0.15) is 0 Å². The van der Waals surface area contributed by atoms with Gasteiger partial charge in [-0.15, -0.1) is 0 Å². The molecule has 3 atom stereocenters.